The number of imidazole rings is 1. The minimum absolute atomic E-state index is 0.649. The number of aromatic nitrogens is 2. The van der Waals surface area contributed by atoms with E-state index in [1.807, 2.05) is 22.9 Å². The first-order chi connectivity index (χ1) is 7.35. The van der Waals surface area contributed by atoms with Crippen molar-refractivity contribution in [3.05, 3.63) is 48.8 Å². The largest absolute Gasteiger partial charge is 0.307 e. The van der Waals surface area contributed by atoms with E-state index in [9.17, 15) is 0 Å². The van der Waals surface area contributed by atoms with E-state index in [0.717, 1.165) is 11.4 Å². The van der Waals surface area contributed by atoms with Gasteiger partial charge in [0.05, 0.1) is 11.6 Å². The molecule has 0 saturated carbocycles. The van der Waals surface area contributed by atoms with Crippen LogP contribution >= 0.6 is 0 Å². The lowest BCUT2D eigenvalue weighted by Gasteiger charge is -2.01. The molecule has 1 heterocycles. The Morgan fingerprint density at radius 3 is 2.67 bits per heavy atom. The summed E-state index contributed by atoms with van der Waals surface area (Å²) < 4.78 is 1.83. The maximum Gasteiger partial charge on any atom is 0.143 e. The third kappa shape index (κ3) is 1.65. The molecule has 72 valence electrons. The lowest BCUT2D eigenvalue weighted by molar-refractivity contribution is 1.15. The first-order valence-corrected chi connectivity index (χ1v) is 4.51. The van der Waals surface area contributed by atoms with Crippen molar-refractivity contribution in [2.75, 3.05) is 0 Å². The Hall–Kier alpha value is -2.34. The Kier molecular flexibility index (Phi) is 2.34. The Morgan fingerprint density at radius 1 is 1.33 bits per heavy atom. The van der Waals surface area contributed by atoms with E-state index in [2.05, 4.69) is 17.6 Å². The van der Waals surface area contributed by atoms with Crippen LogP contribution < -0.4 is 0 Å². The molecule has 0 unspecified atom stereocenters. The van der Waals surface area contributed by atoms with Gasteiger partial charge in [0.1, 0.15) is 5.82 Å². The summed E-state index contributed by atoms with van der Waals surface area (Å²) >= 11 is 0. The van der Waals surface area contributed by atoms with Crippen LogP contribution in [0.15, 0.2) is 43.2 Å². The van der Waals surface area contributed by atoms with E-state index in [1.165, 1.54) is 0 Å². The quantitative estimate of drug-likeness (QED) is 0.738. The summed E-state index contributed by atoms with van der Waals surface area (Å²) in [7, 11) is 0. The molecule has 0 N–H and O–H groups in total. The Morgan fingerprint density at radius 2 is 2.07 bits per heavy atom. The molecule has 0 saturated heterocycles. The highest BCUT2D eigenvalue weighted by molar-refractivity contribution is 5.59. The summed E-state index contributed by atoms with van der Waals surface area (Å²) in [4.78, 5) is 4.22. The SMILES string of the molecule is C=Cn1ccnc1-c1ccc(C#N)cc1. The second kappa shape index (κ2) is 3.81. The average molecular weight is 195 g/mol. The molecule has 0 aliphatic carbocycles. The summed E-state index contributed by atoms with van der Waals surface area (Å²) in [6.45, 7) is 3.69. The van der Waals surface area contributed by atoms with E-state index in [4.69, 9.17) is 5.26 Å². The fraction of sp³-hybridized carbons (Fsp3) is 0. The molecule has 0 atom stereocenters. The van der Waals surface area contributed by atoms with E-state index >= 15 is 0 Å². The van der Waals surface area contributed by atoms with Gasteiger partial charge in [-0.25, -0.2) is 4.98 Å². The van der Waals surface area contributed by atoms with Crippen molar-refractivity contribution < 1.29 is 0 Å². The molecule has 0 fully saturated rings. The minimum atomic E-state index is 0.649. The van der Waals surface area contributed by atoms with Crippen molar-refractivity contribution in [3.8, 4) is 17.5 Å². The Labute approximate surface area is 87.9 Å². The van der Waals surface area contributed by atoms with Crippen LogP contribution in [0.1, 0.15) is 5.56 Å². The summed E-state index contributed by atoms with van der Waals surface area (Å²) in [6.07, 6.45) is 5.25. The van der Waals surface area contributed by atoms with Crippen LogP contribution in [0.5, 0.6) is 0 Å². The van der Waals surface area contributed by atoms with Gasteiger partial charge in [-0.05, 0) is 24.3 Å². The van der Waals surface area contributed by atoms with Gasteiger partial charge in [-0.3, -0.25) is 0 Å². The van der Waals surface area contributed by atoms with E-state index in [1.54, 1.807) is 24.5 Å². The zero-order chi connectivity index (χ0) is 10.7. The molecule has 0 radical (unpaired) electrons. The summed E-state index contributed by atoms with van der Waals surface area (Å²) in [5.74, 6) is 0.828. The van der Waals surface area contributed by atoms with Crippen molar-refractivity contribution in [2.45, 2.75) is 0 Å². The molecule has 1 aromatic heterocycles. The van der Waals surface area contributed by atoms with Gasteiger partial charge >= 0.3 is 0 Å². The molecule has 0 spiro atoms. The van der Waals surface area contributed by atoms with E-state index in [-0.39, 0.29) is 0 Å². The molecule has 2 rings (SSSR count). The van der Waals surface area contributed by atoms with Gasteiger partial charge in [-0.2, -0.15) is 5.26 Å². The number of benzene rings is 1. The second-order valence-corrected chi connectivity index (χ2v) is 3.03. The van der Waals surface area contributed by atoms with Crippen molar-refractivity contribution in [1.29, 1.82) is 5.26 Å². The molecule has 3 nitrogen and oxygen atoms in total. The number of rotatable bonds is 2. The normalized spacial score (nSPS) is 9.53. The van der Waals surface area contributed by atoms with E-state index in [0.29, 0.717) is 5.56 Å². The molecule has 3 heteroatoms. The molecular formula is C12H9N3. The van der Waals surface area contributed by atoms with Crippen molar-refractivity contribution in [1.82, 2.24) is 9.55 Å². The summed E-state index contributed by atoms with van der Waals surface area (Å²) in [6, 6.07) is 9.38. The van der Waals surface area contributed by atoms with Crippen LogP contribution in [0.4, 0.5) is 0 Å². The standard InChI is InChI=1S/C12H9N3/c1-2-15-8-7-14-12(15)11-5-3-10(9-13)4-6-11/h2-8H,1H2. The third-order valence-corrected chi connectivity index (χ3v) is 2.14. The maximum absolute atomic E-state index is 8.67. The van der Waals surface area contributed by atoms with Gasteiger partial charge in [0.15, 0.2) is 0 Å². The van der Waals surface area contributed by atoms with Gasteiger partial charge in [-0.15, -0.1) is 0 Å². The lowest BCUT2D eigenvalue weighted by atomic mass is 10.1. The monoisotopic (exact) mass is 195 g/mol. The number of hydrogen-bond acceptors (Lipinski definition) is 2. The highest BCUT2D eigenvalue weighted by Gasteiger charge is 2.02. The molecule has 2 aromatic rings. The van der Waals surface area contributed by atoms with Crippen LogP contribution in [0.2, 0.25) is 0 Å². The molecule has 0 aliphatic heterocycles. The molecule has 0 bridgehead atoms. The number of nitrogens with zero attached hydrogens (tertiary/aromatic N) is 3. The zero-order valence-electron chi connectivity index (χ0n) is 8.09. The van der Waals surface area contributed by atoms with Crippen LogP contribution in [0, 0.1) is 11.3 Å². The molecule has 0 amide bonds. The first kappa shape index (κ1) is 9.22. The molecular weight excluding hydrogens is 186 g/mol. The van der Waals surface area contributed by atoms with Crippen LogP contribution in [0.3, 0.4) is 0 Å². The highest BCUT2D eigenvalue weighted by Crippen LogP contribution is 2.17. The zero-order valence-corrected chi connectivity index (χ0v) is 8.09. The van der Waals surface area contributed by atoms with Crippen LogP contribution in [-0.2, 0) is 0 Å². The minimum Gasteiger partial charge on any atom is -0.307 e. The molecule has 1 aromatic carbocycles. The third-order valence-electron chi connectivity index (χ3n) is 2.14. The van der Waals surface area contributed by atoms with Gasteiger partial charge in [0.25, 0.3) is 0 Å². The number of hydrogen-bond donors (Lipinski definition) is 0. The fourth-order valence-corrected chi connectivity index (χ4v) is 1.38. The second-order valence-electron chi connectivity index (χ2n) is 3.03. The van der Waals surface area contributed by atoms with Gasteiger partial charge in [-0.1, -0.05) is 6.58 Å². The highest BCUT2D eigenvalue weighted by atomic mass is 15.0. The molecule has 0 aliphatic rings. The summed E-state index contributed by atoms with van der Waals surface area (Å²) in [5.41, 5.74) is 1.62. The van der Waals surface area contributed by atoms with Crippen molar-refractivity contribution in [2.24, 2.45) is 0 Å². The number of nitriles is 1. The average Bonchev–Trinajstić information content (AvgIpc) is 2.77. The van der Waals surface area contributed by atoms with Gasteiger partial charge < -0.3 is 4.57 Å². The maximum atomic E-state index is 8.67. The van der Waals surface area contributed by atoms with E-state index < -0.39 is 0 Å². The van der Waals surface area contributed by atoms with Crippen LogP contribution in [-0.4, -0.2) is 9.55 Å². The van der Waals surface area contributed by atoms with Crippen molar-refractivity contribution >= 4 is 6.20 Å². The topological polar surface area (TPSA) is 41.6 Å². The van der Waals surface area contributed by atoms with Gasteiger partial charge in [0.2, 0.25) is 0 Å². The van der Waals surface area contributed by atoms with Crippen LogP contribution in [0.25, 0.3) is 17.6 Å². The molecule has 15 heavy (non-hydrogen) atoms. The van der Waals surface area contributed by atoms with Crippen molar-refractivity contribution in [3.63, 3.8) is 0 Å². The summed E-state index contributed by atoms with van der Waals surface area (Å²) in [5, 5.41) is 8.67. The smallest absolute Gasteiger partial charge is 0.143 e. The van der Waals surface area contributed by atoms with Gasteiger partial charge in [0, 0.05) is 24.2 Å². The predicted molar refractivity (Wildman–Crippen MR) is 58.8 cm³/mol. The Bertz CT molecular complexity index is 515. The first-order valence-electron chi connectivity index (χ1n) is 4.51. The predicted octanol–water partition coefficient (Wildman–Crippen LogP) is 2.52. The fourth-order valence-electron chi connectivity index (χ4n) is 1.38. The Balaban J connectivity index is 2.46. The lowest BCUT2D eigenvalue weighted by Crippen LogP contribution is -1.89.